The topological polar surface area (TPSA) is 38.3 Å². The molecule has 0 aliphatic carbocycles. The van der Waals surface area contributed by atoms with Gasteiger partial charge in [-0.25, -0.2) is 0 Å². The molecule has 0 aliphatic rings. The van der Waals surface area contributed by atoms with E-state index in [-0.39, 0.29) is 5.91 Å². The van der Waals surface area contributed by atoms with Crippen molar-refractivity contribution in [1.82, 2.24) is 0 Å². The number of hydrogen-bond acceptors (Lipinski definition) is 2. The van der Waals surface area contributed by atoms with Crippen LogP contribution in [0.2, 0.25) is 5.02 Å². The standard InChI is InChI=1S/C16H16ClNO2/c1-11-4-3-5-14(10-11)18-16(19)12(2)20-15-8-6-13(17)7-9-15/h3-10,12H,1-2H3,(H,18,19)/t12-/m0/s1. The van der Waals surface area contributed by atoms with Crippen LogP contribution in [0.1, 0.15) is 12.5 Å². The van der Waals surface area contributed by atoms with Crippen molar-refractivity contribution in [3.8, 4) is 5.75 Å². The zero-order valence-corrected chi connectivity index (χ0v) is 12.1. The Bertz CT molecular complexity index is 596. The van der Waals surface area contributed by atoms with Gasteiger partial charge in [0.05, 0.1) is 0 Å². The molecule has 4 heteroatoms. The van der Waals surface area contributed by atoms with E-state index >= 15 is 0 Å². The monoisotopic (exact) mass is 289 g/mol. The Labute approximate surface area is 123 Å². The van der Waals surface area contributed by atoms with Crippen molar-refractivity contribution >= 4 is 23.2 Å². The number of benzene rings is 2. The molecule has 0 saturated heterocycles. The van der Waals surface area contributed by atoms with Gasteiger partial charge in [-0.3, -0.25) is 4.79 Å². The van der Waals surface area contributed by atoms with Crippen molar-refractivity contribution in [3.63, 3.8) is 0 Å². The van der Waals surface area contributed by atoms with Crippen LogP contribution >= 0.6 is 11.6 Å². The van der Waals surface area contributed by atoms with Crippen LogP contribution in [0, 0.1) is 6.92 Å². The average Bonchev–Trinajstić information content (AvgIpc) is 2.41. The first-order valence-corrected chi connectivity index (χ1v) is 6.72. The van der Waals surface area contributed by atoms with Crippen molar-refractivity contribution in [2.75, 3.05) is 5.32 Å². The van der Waals surface area contributed by atoms with Crippen LogP contribution < -0.4 is 10.1 Å². The summed E-state index contributed by atoms with van der Waals surface area (Å²) in [5, 5.41) is 3.46. The summed E-state index contributed by atoms with van der Waals surface area (Å²) >= 11 is 5.80. The van der Waals surface area contributed by atoms with Crippen LogP contribution in [0.15, 0.2) is 48.5 Å². The number of halogens is 1. The highest BCUT2D eigenvalue weighted by Crippen LogP contribution is 2.17. The van der Waals surface area contributed by atoms with E-state index in [1.807, 2.05) is 31.2 Å². The summed E-state index contributed by atoms with van der Waals surface area (Å²) in [6.07, 6.45) is -0.586. The number of nitrogens with one attached hydrogen (secondary N) is 1. The first kappa shape index (κ1) is 14.4. The zero-order chi connectivity index (χ0) is 14.5. The highest BCUT2D eigenvalue weighted by molar-refractivity contribution is 6.30. The highest BCUT2D eigenvalue weighted by Gasteiger charge is 2.14. The second kappa shape index (κ2) is 6.44. The molecule has 0 heterocycles. The van der Waals surface area contributed by atoms with Crippen LogP contribution in [-0.4, -0.2) is 12.0 Å². The molecule has 20 heavy (non-hydrogen) atoms. The summed E-state index contributed by atoms with van der Waals surface area (Å²) < 4.78 is 5.56. The molecule has 2 rings (SSSR count). The predicted molar refractivity (Wildman–Crippen MR) is 81.4 cm³/mol. The molecular weight excluding hydrogens is 274 g/mol. The minimum Gasteiger partial charge on any atom is -0.481 e. The molecule has 1 amide bonds. The Morgan fingerprint density at radius 3 is 2.55 bits per heavy atom. The maximum atomic E-state index is 12.0. The molecule has 3 nitrogen and oxygen atoms in total. The van der Waals surface area contributed by atoms with E-state index in [9.17, 15) is 4.79 Å². The molecule has 0 bridgehead atoms. The van der Waals surface area contributed by atoms with Gasteiger partial charge in [-0.2, -0.15) is 0 Å². The van der Waals surface area contributed by atoms with Crippen molar-refractivity contribution in [2.24, 2.45) is 0 Å². The van der Waals surface area contributed by atoms with E-state index in [0.717, 1.165) is 11.3 Å². The van der Waals surface area contributed by atoms with E-state index < -0.39 is 6.10 Å². The molecule has 0 spiro atoms. The van der Waals surface area contributed by atoms with Gasteiger partial charge in [0.1, 0.15) is 5.75 Å². The molecule has 2 aromatic carbocycles. The van der Waals surface area contributed by atoms with Crippen molar-refractivity contribution in [2.45, 2.75) is 20.0 Å². The van der Waals surface area contributed by atoms with Crippen LogP contribution in [0.25, 0.3) is 0 Å². The fourth-order valence-corrected chi connectivity index (χ4v) is 1.86. The lowest BCUT2D eigenvalue weighted by Crippen LogP contribution is -2.30. The quantitative estimate of drug-likeness (QED) is 0.922. The average molecular weight is 290 g/mol. The first-order chi connectivity index (χ1) is 9.54. The number of carbonyl (C=O) groups is 1. The van der Waals surface area contributed by atoms with Crippen LogP contribution in [0.5, 0.6) is 5.75 Å². The molecule has 2 aromatic rings. The summed E-state index contributed by atoms with van der Waals surface area (Å²) in [6.45, 7) is 3.68. The Balaban J connectivity index is 1.96. The molecule has 0 saturated carbocycles. The van der Waals surface area contributed by atoms with E-state index in [1.54, 1.807) is 31.2 Å². The molecule has 1 N–H and O–H groups in total. The number of anilines is 1. The van der Waals surface area contributed by atoms with E-state index in [0.29, 0.717) is 10.8 Å². The smallest absolute Gasteiger partial charge is 0.265 e. The van der Waals surface area contributed by atoms with Gasteiger partial charge in [0.2, 0.25) is 0 Å². The van der Waals surface area contributed by atoms with Crippen molar-refractivity contribution < 1.29 is 9.53 Å². The van der Waals surface area contributed by atoms with Gasteiger partial charge in [-0.15, -0.1) is 0 Å². The summed E-state index contributed by atoms with van der Waals surface area (Å²) in [5.74, 6) is 0.423. The zero-order valence-electron chi connectivity index (χ0n) is 11.4. The van der Waals surface area contributed by atoms with E-state index in [1.165, 1.54) is 0 Å². The summed E-state index contributed by atoms with van der Waals surface area (Å²) in [6, 6.07) is 14.5. The highest BCUT2D eigenvalue weighted by atomic mass is 35.5. The van der Waals surface area contributed by atoms with E-state index in [2.05, 4.69) is 5.32 Å². The normalized spacial score (nSPS) is 11.8. The Morgan fingerprint density at radius 1 is 1.20 bits per heavy atom. The molecule has 0 aliphatic heterocycles. The van der Waals surface area contributed by atoms with Crippen LogP contribution in [-0.2, 0) is 4.79 Å². The second-order valence-corrected chi connectivity index (χ2v) is 5.01. The molecule has 104 valence electrons. The lowest BCUT2D eigenvalue weighted by molar-refractivity contribution is -0.122. The van der Waals surface area contributed by atoms with Crippen LogP contribution in [0.4, 0.5) is 5.69 Å². The Morgan fingerprint density at radius 2 is 1.90 bits per heavy atom. The number of carbonyl (C=O) groups excluding carboxylic acids is 1. The van der Waals surface area contributed by atoms with Gasteiger partial charge >= 0.3 is 0 Å². The van der Waals surface area contributed by atoms with Crippen molar-refractivity contribution in [3.05, 3.63) is 59.1 Å². The van der Waals surface area contributed by atoms with Gasteiger partial charge in [0, 0.05) is 10.7 Å². The third-order valence-corrected chi connectivity index (χ3v) is 3.03. The fraction of sp³-hybridized carbons (Fsp3) is 0.188. The minimum absolute atomic E-state index is 0.189. The van der Waals surface area contributed by atoms with Gasteiger partial charge in [0.25, 0.3) is 5.91 Å². The summed E-state index contributed by atoms with van der Waals surface area (Å²) in [5.41, 5.74) is 1.86. The molecule has 0 aromatic heterocycles. The lowest BCUT2D eigenvalue weighted by atomic mass is 10.2. The third kappa shape index (κ3) is 4.00. The maximum absolute atomic E-state index is 12.0. The van der Waals surface area contributed by atoms with Gasteiger partial charge in [0.15, 0.2) is 6.10 Å². The summed E-state index contributed by atoms with van der Waals surface area (Å²) in [4.78, 5) is 12.0. The Hall–Kier alpha value is -2.00. The van der Waals surface area contributed by atoms with Gasteiger partial charge < -0.3 is 10.1 Å². The summed E-state index contributed by atoms with van der Waals surface area (Å²) in [7, 11) is 0. The molecule has 0 fully saturated rings. The molecule has 0 radical (unpaired) electrons. The maximum Gasteiger partial charge on any atom is 0.265 e. The molecule has 0 unspecified atom stereocenters. The number of aryl methyl sites for hydroxylation is 1. The minimum atomic E-state index is -0.586. The predicted octanol–water partition coefficient (Wildman–Crippen LogP) is 4.05. The lowest BCUT2D eigenvalue weighted by Gasteiger charge is -2.15. The molecular formula is C16H16ClNO2. The number of amides is 1. The van der Waals surface area contributed by atoms with Crippen molar-refractivity contribution in [1.29, 1.82) is 0 Å². The second-order valence-electron chi connectivity index (χ2n) is 4.57. The number of hydrogen-bond donors (Lipinski definition) is 1. The Kier molecular flexibility index (Phi) is 4.64. The molecule has 1 atom stereocenters. The fourth-order valence-electron chi connectivity index (χ4n) is 1.74. The number of ether oxygens (including phenoxy) is 1. The van der Waals surface area contributed by atoms with Gasteiger partial charge in [-0.1, -0.05) is 23.7 Å². The SMILES string of the molecule is Cc1cccc(NC(=O)[C@H](C)Oc2ccc(Cl)cc2)c1. The van der Waals surface area contributed by atoms with E-state index in [4.69, 9.17) is 16.3 Å². The first-order valence-electron chi connectivity index (χ1n) is 6.34. The third-order valence-electron chi connectivity index (χ3n) is 2.78. The largest absolute Gasteiger partial charge is 0.481 e. The van der Waals surface area contributed by atoms with Gasteiger partial charge in [-0.05, 0) is 55.8 Å². The number of rotatable bonds is 4. The van der Waals surface area contributed by atoms with Crippen LogP contribution in [0.3, 0.4) is 0 Å².